The lowest BCUT2D eigenvalue weighted by molar-refractivity contribution is 0.103. The fraction of sp³-hybridized carbons (Fsp3) is 0.143. The van der Waals surface area contributed by atoms with Gasteiger partial charge in [-0.05, 0) is 36.1 Å². The SMILES string of the molecule is Cc1csc(C(=O)Nc2nnc(SCc3ccccn3)s2)c1. The lowest BCUT2D eigenvalue weighted by atomic mass is 10.3. The van der Waals surface area contributed by atoms with E-state index in [2.05, 4.69) is 20.5 Å². The van der Waals surface area contributed by atoms with E-state index >= 15 is 0 Å². The Hall–Kier alpha value is -1.77. The van der Waals surface area contributed by atoms with Gasteiger partial charge in [-0.3, -0.25) is 15.1 Å². The Kier molecular flexibility index (Phi) is 4.81. The monoisotopic (exact) mass is 348 g/mol. The number of thiophene rings is 1. The maximum Gasteiger partial charge on any atom is 0.267 e. The Balaban J connectivity index is 1.58. The number of hydrogen-bond acceptors (Lipinski definition) is 7. The number of hydrogen-bond donors (Lipinski definition) is 1. The second-order valence-corrected chi connectivity index (χ2v) is 7.54. The van der Waals surface area contributed by atoms with Gasteiger partial charge in [-0.1, -0.05) is 29.2 Å². The van der Waals surface area contributed by atoms with Crippen LogP contribution in [0.15, 0.2) is 40.2 Å². The van der Waals surface area contributed by atoms with Gasteiger partial charge in [0.15, 0.2) is 4.34 Å². The van der Waals surface area contributed by atoms with Crippen LogP contribution in [-0.2, 0) is 5.75 Å². The minimum Gasteiger partial charge on any atom is -0.296 e. The molecule has 1 N–H and O–H groups in total. The van der Waals surface area contributed by atoms with Gasteiger partial charge in [0, 0.05) is 11.9 Å². The van der Waals surface area contributed by atoms with Gasteiger partial charge in [-0.15, -0.1) is 21.5 Å². The summed E-state index contributed by atoms with van der Waals surface area (Å²) in [7, 11) is 0. The molecular formula is C14H12N4OS3. The molecule has 0 aliphatic heterocycles. The number of carbonyl (C=O) groups is 1. The highest BCUT2D eigenvalue weighted by atomic mass is 32.2. The standard InChI is InChI=1S/C14H12N4OS3/c1-9-6-11(20-7-9)12(19)16-13-17-18-14(22-13)21-8-10-4-2-3-5-15-10/h2-7H,8H2,1H3,(H,16,17,19). The smallest absolute Gasteiger partial charge is 0.267 e. The molecule has 112 valence electrons. The molecule has 3 aromatic heterocycles. The number of rotatable bonds is 5. The highest BCUT2D eigenvalue weighted by Crippen LogP contribution is 2.28. The van der Waals surface area contributed by atoms with Crippen molar-refractivity contribution in [2.24, 2.45) is 0 Å². The summed E-state index contributed by atoms with van der Waals surface area (Å²) in [5.41, 5.74) is 2.07. The number of anilines is 1. The minimum atomic E-state index is -0.143. The fourth-order valence-corrected chi connectivity index (χ4v) is 4.10. The molecule has 3 rings (SSSR count). The zero-order chi connectivity index (χ0) is 15.4. The maximum absolute atomic E-state index is 12.0. The molecule has 0 aromatic carbocycles. The topological polar surface area (TPSA) is 67.8 Å². The molecule has 0 fully saturated rings. The van der Waals surface area contributed by atoms with Crippen LogP contribution in [0.25, 0.3) is 0 Å². The first-order valence-corrected chi connectivity index (χ1v) is 9.11. The Morgan fingerprint density at radius 2 is 2.27 bits per heavy atom. The Morgan fingerprint density at radius 1 is 1.36 bits per heavy atom. The molecule has 3 aromatic rings. The van der Waals surface area contributed by atoms with Gasteiger partial charge >= 0.3 is 0 Å². The van der Waals surface area contributed by atoms with Gasteiger partial charge in [0.25, 0.3) is 5.91 Å². The van der Waals surface area contributed by atoms with Crippen LogP contribution in [0.4, 0.5) is 5.13 Å². The van der Waals surface area contributed by atoms with Crippen LogP contribution in [0.3, 0.4) is 0 Å². The third-order valence-electron chi connectivity index (χ3n) is 2.65. The summed E-state index contributed by atoms with van der Waals surface area (Å²) in [5.74, 6) is 0.587. The summed E-state index contributed by atoms with van der Waals surface area (Å²) in [5, 5.41) is 13.3. The van der Waals surface area contributed by atoms with Crippen LogP contribution < -0.4 is 5.32 Å². The lowest BCUT2D eigenvalue weighted by Crippen LogP contribution is -2.09. The summed E-state index contributed by atoms with van der Waals surface area (Å²) in [6.45, 7) is 1.96. The molecule has 3 heterocycles. The van der Waals surface area contributed by atoms with E-state index in [1.807, 2.05) is 36.6 Å². The van der Waals surface area contributed by atoms with Crippen molar-refractivity contribution in [2.45, 2.75) is 17.0 Å². The van der Waals surface area contributed by atoms with Crippen LogP contribution in [0, 0.1) is 6.92 Å². The Bertz CT molecular complexity index is 769. The largest absolute Gasteiger partial charge is 0.296 e. The molecule has 8 heteroatoms. The van der Waals surface area contributed by atoms with Crippen LogP contribution in [0.1, 0.15) is 20.9 Å². The lowest BCUT2D eigenvalue weighted by Gasteiger charge is -1.97. The van der Waals surface area contributed by atoms with E-state index < -0.39 is 0 Å². The average molecular weight is 348 g/mol. The van der Waals surface area contributed by atoms with Crippen molar-refractivity contribution in [3.8, 4) is 0 Å². The van der Waals surface area contributed by atoms with Gasteiger partial charge < -0.3 is 0 Å². The predicted molar refractivity (Wildman–Crippen MR) is 90.7 cm³/mol. The number of aryl methyl sites for hydroxylation is 1. The van der Waals surface area contributed by atoms with E-state index in [1.165, 1.54) is 22.7 Å². The van der Waals surface area contributed by atoms with Gasteiger partial charge in [0.2, 0.25) is 5.13 Å². The van der Waals surface area contributed by atoms with Gasteiger partial charge in [0.1, 0.15) is 0 Å². The van der Waals surface area contributed by atoms with Crippen molar-refractivity contribution in [1.29, 1.82) is 0 Å². The first-order chi connectivity index (χ1) is 10.7. The predicted octanol–water partition coefficient (Wildman–Crippen LogP) is 3.85. The number of pyridine rings is 1. The highest BCUT2D eigenvalue weighted by Gasteiger charge is 2.12. The van der Waals surface area contributed by atoms with Gasteiger partial charge in [-0.2, -0.15) is 0 Å². The number of amides is 1. The first-order valence-electron chi connectivity index (χ1n) is 6.43. The molecule has 1 amide bonds. The van der Waals surface area contributed by atoms with Crippen molar-refractivity contribution in [3.05, 3.63) is 52.0 Å². The third-order valence-corrected chi connectivity index (χ3v) is 5.70. The molecule has 0 saturated heterocycles. The van der Waals surface area contributed by atoms with Crippen molar-refractivity contribution < 1.29 is 4.79 Å². The molecule has 22 heavy (non-hydrogen) atoms. The van der Waals surface area contributed by atoms with E-state index in [4.69, 9.17) is 0 Å². The van der Waals surface area contributed by atoms with Crippen LogP contribution in [-0.4, -0.2) is 21.1 Å². The molecule has 0 saturated carbocycles. The van der Waals surface area contributed by atoms with E-state index in [1.54, 1.807) is 18.0 Å². The first kappa shape index (κ1) is 15.1. The second kappa shape index (κ2) is 6.99. The molecule has 5 nitrogen and oxygen atoms in total. The third kappa shape index (κ3) is 3.90. The van der Waals surface area contributed by atoms with Crippen LogP contribution in [0.5, 0.6) is 0 Å². The molecular weight excluding hydrogens is 336 g/mol. The summed E-state index contributed by atoms with van der Waals surface area (Å²) < 4.78 is 0.809. The number of nitrogens with one attached hydrogen (secondary N) is 1. The van der Waals surface area contributed by atoms with Crippen LogP contribution in [0.2, 0.25) is 0 Å². The number of nitrogens with zero attached hydrogens (tertiary/aromatic N) is 3. The normalized spacial score (nSPS) is 10.6. The van der Waals surface area contributed by atoms with Crippen molar-refractivity contribution in [1.82, 2.24) is 15.2 Å². The van der Waals surface area contributed by atoms with E-state index in [9.17, 15) is 4.79 Å². The average Bonchev–Trinajstić information content (AvgIpc) is 3.15. The van der Waals surface area contributed by atoms with Crippen molar-refractivity contribution in [3.63, 3.8) is 0 Å². The number of carbonyl (C=O) groups excluding carboxylic acids is 1. The Labute approximate surface area is 139 Å². The zero-order valence-electron chi connectivity index (χ0n) is 11.6. The molecule has 0 aliphatic rings. The number of aromatic nitrogens is 3. The van der Waals surface area contributed by atoms with Crippen molar-refractivity contribution in [2.75, 3.05) is 5.32 Å². The Morgan fingerprint density at radius 3 is 3.00 bits per heavy atom. The van der Waals surface area contributed by atoms with Gasteiger partial charge in [-0.25, -0.2) is 0 Å². The maximum atomic E-state index is 12.0. The van der Waals surface area contributed by atoms with E-state index in [0.717, 1.165) is 21.3 Å². The van der Waals surface area contributed by atoms with E-state index in [-0.39, 0.29) is 5.91 Å². The molecule has 0 radical (unpaired) electrons. The van der Waals surface area contributed by atoms with E-state index in [0.29, 0.717) is 10.0 Å². The molecule has 0 aliphatic carbocycles. The van der Waals surface area contributed by atoms with Crippen LogP contribution >= 0.6 is 34.4 Å². The highest BCUT2D eigenvalue weighted by molar-refractivity contribution is 8.00. The summed E-state index contributed by atoms with van der Waals surface area (Å²) in [4.78, 5) is 17.0. The minimum absolute atomic E-state index is 0.143. The molecule has 0 unspecified atom stereocenters. The molecule has 0 bridgehead atoms. The molecule has 0 atom stereocenters. The van der Waals surface area contributed by atoms with Crippen molar-refractivity contribution >= 4 is 45.5 Å². The quantitative estimate of drug-likeness (QED) is 0.560. The fourth-order valence-electron chi connectivity index (χ4n) is 1.65. The zero-order valence-corrected chi connectivity index (χ0v) is 14.1. The summed E-state index contributed by atoms with van der Waals surface area (Å²) in [6, 6.07) is 7.67. The summed E-state index contributed by atoms with van der Waals surface area (Å²) in [6.07, 6.45) is 1.77. The number of thioether (sulfide) groups is 1. The summed E-state index contributed by atoms with van der Waals surface area (Å²) >= 11 is 4.34. The second-order valence-electron chi connectivity index (χ2n) is 4.43. The molecule has 0 spiro atoms. The van der Waals surface area contributed by atoms with Gasteiger partial charge in [0.05, 0.1) is 10.6 Å².